The number of halogens is 4. The van der Waals surface area contributed by atoms with Gasteiger partial charge in [0, 0.05) is 6.92 Å². The van der Waals surface area contributed by atoms with Gasteiger partial charge in [-0.1, -0.05) is 35.3 Å². The second-order valence-electron chi connectivity index (χ2n) is 6.57. The lowest BCUT2D eigenvalue weighted by molar-refractivity contribution is 0.0101. The van der Waals surface area contributed by atoms with Gasteiger partial charge in [0.15, 0.2) is 11.4 Å². The summed E-state index contributed by atoms with van der Waals surface area (Å²) in [6.45, 7) is 0.647. The first-order valence-corrected chi connectivity index (χ1v) is 9.57. The fourth-order valence-electron chi connectivity index (χ4n) is 2.74. The van der Waals surface area contributed by atoms with Crippen LogP contribution in [-0.4, -0.2) is 16.7 Å². The molecule has 0 aliphatic rings. The highest BCUT2D eigenvalue weighted by Gasteiger charge is 2.34. The van der Waals surface area contributed by atoms with Crippen molar-refractivity contribution in [2.75, 3.05) is 7.11 Å². The number of aromatic nitrogens is 2. The van der Waals surface area contributed by atoms with E-state index in [2.05, 4.69) is 4.98 Å². The van der Waals surface area contributed by atoms with Crippen molar-refractivity contribution < 1.29 is 18.3 Å². The summed E-state index contributed by atoms with van der Waals surface area (Å²) >= 11 is 12.2. The maximum absolute atomic E-state index is 14.1. The Bertz CT molecular complexity index is 1190. The fraction of sp³-hybridized carbons (Fsp3) is 0.190. The highest BCUT2D eigenvalue weighted by Crippen LogP contribution is 2.39. The second kappa shape index (κ2) is 8.92. The van der Waals surface area contributed by atoms with Crippen LogP contribution in [0, 0.1) is 11.3 Å². The van der Waals surface area contributed by atoms with Crippen LogP contribution >= 0.6 is 23.2 Å². The summed E-state index contributed by atoms with van der Waals surface area (Å²) in [5, 5.41) is 8.77. The number of methoxy groups -OCH3 is 1. The molecule has 3 aromatic rings. The third-order valence-corrected chi connectivity index (χ3v) is 4.82. The van der Waals surface area contributed by atoms with E-state index >= 15 is 0 Å². The average Bonchev–Trinajstić information content (AvgIpc) is 2.72. The Morgan fingerprint density at radius 1 is 1.16 bits per heavy atom. The number of alkyl halides is 2. The zero-order valence-electron chi connectivity index (χ0n) is 16.3. The average molecular weight is 466 g/mol. The minimum Gasteiger partial charge on any atom is -0.497 e. The molecular formula is C21H15Cl2F2N3O3. The molecule has 0 atom stereocenters. The van der Waals surface area contributed by atoms with Gasteiger partial charge in [-0.05, 0) is 29.8 Å². The van der Waals surface area contributed by atoms with Crippen molar-refractivity contribution in [2.24, 2.45) is 0 Å². The number of nitriles is 1. The van der Waals surface area contributed by atoms with E-state index in [0.717, 1.165) is 10.9 Å². The lowest BCUT2D eigenvalue weighted by Gasteiger charge is -2.17. The molecule has 0 fully saturated rings. The van der Waals surface area contributed by atoms with Gasteiger partial charge >= 0.3 is 0 Å². The summed E-state index contributed by atoms with van der Waals surface area (Å²) < 4.78 is 40.0. The normalized spacial score (nSPS) is 11.1. The summed E-state index contributed by atoms with van der Waals surface area (Å²) in [6.07, 6.45) is 1.02. The number of benzene rings is 2. The zero-order valence-corrected chi connectivity index (χ0v) is 17.8. The highest BCUT2D eigenvalue weighted by molar-refractivity contribution is 6.37. The van der Waals surface area contributed by atoms with E-state index in [1.165, 1.54) is 19.2 Å². The molecule has 1 aromatic heterocycles. The third kappa shape index (κ3) is 4.95. The number of ether oxygens (including phenoxy) is 2. The quantitative estimate of drug-likeness (QED) is 0.488. The van der Waals surface area contributed by atoms with Gasteiger partial charge in [0.05, 0.1) is 41.7 Å². The van der Waals surface area contributed by atoms with E-state index < -0.39 is 22.9 Å². The van der Waals surface area contributed by atoms with E-state index in [0.29, 0.717) is 18.2 Å². The molecule has 0 aliphatic heterocycles. The summed E-state index contributed by atoms with van der Waals surface area (Å²) in [4.78, 5) is 16.8. The SMILES string of the molecule is COc1ccc(Cn2cnc(C(C)(F)F)c(Oc3c(Cl)cc(C#N)cc3Cl)c2=O)cc1. The van der Waals surface area contributed by atoms with E-state index in [1.807, 2.05) is 6.07 Å². The smallest absolute Gasteiger partial charge is 0.297 e. The monoisotopic (exact) mass is 465 g/mol. The van der Waals surface area contributed by atoms with Crippen LogP contribution in [0.15, 0.2) is 47.5 Å². The first kappa shape index (κ1) is 22.5. The summed E-state index contributed by atoms with van der Waals surface area (Å²) in [7, 11) is 1.52. The van der Waals surface area contributed by atoms with Crippen molar-refractivity contribution in [3.05, 3.63) is 79.9 Å². The molecule has 160 valence electrons. The fourth-order valence-corrected chi connectivity index (χ4v) is 3.30. The maximum Gasteiger partial charge on any atom is 0.297 e. The Hall–Kier alpha value is -3.15. The van der Waals surface area contributed by atoms with Crippen LogP contribution in [0.2, 0.25) is 10.0 Å². The summed E-state index contributed by atoms with van der Waals surface area (Å²) in [5.41, 5.74) is -0.855. The van der Waals surface area contributed by atoms with Gasteiger partial charge < -0.3 is 9.47 Å². The van der Waals surface area contributed by atoms with Crippen molar-refractivity contribution in [3.8, 4) is 23.3 Å². The molecule has 0 radical (unpaired) electrons. The summed E-state index contributed by atoms with van der Waals surface area (Å²) in [5.74, 6) is -3.78. The van der Waals surface area contributed by atoms with Gasteiger partial charge in [-0.15, -0.1) is 0 Å². The van der Waals surface area contributed by atoms with E-state index in [1.54, 1.807) is 24.3 Å². The van der Waals surface area contributed by atoms with E-state index in [9.17, 15) is 13.6 Å². The molecule has 0 spiro atoms. The van der Waals surface area contributed by atoms with Gasteiger partial charge in [-0.2, -0.15) is 14.0 Å². The molecule has 0 saturated heterocycles. The van der Waals surface area contributed by atoms with Gasteiger partial charge in [0.25, 0.3) is 11.5 Å². The number of hydrogen-bond acceptors (Lipinski definition) is 5. The molecule has 0 bridgehead atoms. The Balaban J connectivity index is 2.08. The molecule has 0 unspecified atom stereocenters. The predicted molar refractivity (Wildman–Crippen MR) is 111 cm³/mol. The van der Waals surface area contributed by atoms with E-state index in [4.69, 9.17) is 37.9 Å². The first-order valence-electron chi connectivity index (χ1n) is 8.81. The van der Waals surface area contributed by atoms with Crippen molar-refractivity contribution in [2.45, 2.75) is 19.4 Å². The molecule has 0 aliphatic carbocycles. The minimum atomic E-state index is -3.47. The molecule has 2 aromatic carbocycles. The third-order valence-electron chi connectivity index (χ3n) is 4.26. The Labute approximate surface area is 186 Å². The molecule has 0 N–H and O–H groups in total. The van der Waals surface area contributed by atoms with Crippen molar-refractivity contribution in [1.82, 2.24) is 9.55 Å². The van der Waals surface area contributed by atoms with Crippen LogP contribution < -0.4 is 15.0 Å². The first-order chi connectivity index (χ1) is 14.6. The molecule has 1 heterocycles. The molecule has 10 heteroatoms. The predicted octanol–water partition coefficient (Wildman–Crippen LogP) is 5.38. The second-order valence-corrected chi connectivity index (χ2v) is 7.39. The van der Waals surface area contributed by atoms with Gasteiger partial charge in [-0.25, -0.2) is 4.98 Å². The lowest BCUT2D eigenvalue weighted by atomic mass is 10.2. The molecule has 3 rings (SSSR count). The molecular weight excluding hydrogens is 451 g/mol. The van der Waals surface area contributed by atoms with Crippen LogP contribution in [0.25, 0.3) is 0 Å². The Morgan fingerprint density at radius 2 is 1.77 bits per heavy atom. The van der Waals surface area contributed by atoms with Crippen LogP contribution in [0.3, 0.4) is 0 Å². The standard InChI is InChI=1S/C21H15Cl2F2N3O3/c1-21(24,25)19-18(31-17-15(22)7-13(9-26)8-16(17)23)20(29)28(11-27-19)10-12-3-5-14(30-2)6-4-12/h3-8,11H,10H2,1-2H3. The zero-order chi connectivity index (χ0) is 22.8. The van der Waals surface area contributed by atoms with Gasteiger partial charge in [0.2, 0.25) is 5.75 Å². The van der Waals surface area contributed by atoms with Gasteiger partial charge in [-0.3, -0.25) is 9.36 Å². The van der Waals surface area contributed by atoms with Crippen LogP contribution in [0.1, 0.15) is 23.7 Å². The Morgan fingerprint density at radius 3 is 2.29 bits per heavy atom. The Kier molecular flexibility index (Phi) is 6.48. The molecule has 0 saturated carbocycles. The van der Waals surface area contributed by atoms with E-state index in [-0.39, 0.29) is 27.9 Å². The number of rotatable bonds is 6. The van der Waals surface area contributed by atoms with Crippen molar-refractivity contribution in [1.29, 1.82) is 5.26 Å². The van der Waals surface area contributed by atoms with Crippen molar-refractivity contribution in [3.63, 3.8) is 0 Å². The van der Waals surface area contributed by atoms with Crippen LogP contribution in [0.4, 0.5) is 8.78 Å². The molecule has 0 amide bonds. The molecule has 6 nitrogen and oxygen atoms in total. The minimum absolute atomic E-state index is 0.0522. The lowest BCUT2D eigenvalue weighted by Crippen LogP contribution is -2.27. The molecule has 31 heavy (non-hydrogen) atoms. The largest absolute Gasteiger partial charge is 0.497 e. The van der Waals surface area contributed by atoms with Gasteiger partial charge in [0.1, 0.15) is 5.75 Å². The topological polar surface area (TPSA) is 77.1 Å². The van der Waals surface area contributed by atoms with Crippen molar-refractivity contribution >= 4 is 23.2 Å². The van der Waals surface area contributed by atoms with Crippen LogP contribution in [0.5, 0.6) is 17.2 Å². The number of hydrogen-bond donors (Lipinski definition) is 0. The number of nitrogens with zero attached hydrogens (tertiary/aromatic N) is 3. The summed E-state index contributed by atoms with van der Waals surface area (Å²) in [6, 6.07) is 11.2. The maximum atomic E-state index is 14.1. The van der Waals surface area contributed by atoms with Crippen LogP contribution in [-0.2, 0) is 12.5 Å². The highest BCUT2D eigenvalue weighted by atomic mass is 35.5.